The van der Waals surface area contributed by atoms with E-state index in [2.05, 4.69) is 43.1 Å². The lowest BCUT2D eigenvalue weighted by Gasteiger charge is -2.66. The molecule has 236 valence electrons. The molecular weight excluding hydrogens is 550 g/mol. The van der Waals surface area contributed by atoms with Gasteiger partial charge in [0.2, 0.25) is 0 Å². The standard InChI is InChI=1S/C34H47NO8/c1-31(2,43-30-28(40)27(39)26(38)22(16-36)41-30)24-12-14-34(17-37)23-10-9-18-15-20-19-7-5-6-8-21(19)35-29(20)33(18,4)32(23,3)13-11-25(34)42-24/h5-8,17-18,22-28,30,35-36,38-40H,9-16H2,1-4H3/t18-,22+,23+,24-,25-,26+,27-,28-,30-,32-,33+,34+/m0/s1. The third-order valence-corrected chi connectivity index (χ3v) is 13.0. The number of hydrogen-bond acceptors (Lipinski definition) is 8. The normalized spacial score (nSPS) is 46.1. The van der Waals surface area contributed by atoms with E-state index in [9.17, 15) is 25.2 Å². The van der Waals surface area contributed by atoms with E-state index >= 15 is 0 Å². The number of fused-ring (bicyclic) bond motifs is 9. The third kappa shape index (κ3) is 3.98. The topological polar surface area (TPSA) is 141 Å². The minimum Gasteiger partial charge on any atom is -0.394 e. The summed E-state index contributed by atoms with van der Waals surface area (Å²) in [6.45, 7) is 8.09. The smallest absolute Gasteiger partial charge is 0.187 e. The van der Waals surface area contributed by atoms with E-state index in [4.69, 9.17) is 14.2 Å². The number of aromatic amines is 1. The molecule has 1 aromatic heterocycles. The molecule has 0 radical (unpaired) electrons. The fourth-order valence-corrected chi connectivity index (χ4v) is 10.4. The Labute approximate surface area is 252 Å². The molecule has 2 aromatic rings. The van der Waals surface area contributed by atoms with Gasteiger partial charge in [0.15, 0.2) is 6.29 Å². The van der Waals surface area contributed by atoms with Gasteiger partial charge in [-0.3, -0.25) is 0 Å². The number of carbonyl (C=O) groups excluding carboxylic acids is 1. The molecule has 4 fully saturated rings. The number of rotatable bonds is 5. The van der Waals surface area contributed by atoms with Crippen LogP contribution in [0.4, 0.5) is 0 Å². The first-order valence-electron chi connectivity index (χ1n) is 16.1. The van der Waals surface area contributed by atoms with Crippen LogP contribution in [-0.2, 0) is 30.8 Å². The van der Waals surface area contributed by atoms with Crippen LogP contribution >= 0.6 is 0 Å². The third-order valence-electron chi connectivity index (χ3n) is 13.0. The second-order valence-corrected chi connectivity index (χ2v) is 15.0. The Morgan fingerprint density at radius 3 is 2.53 bits per heavy atom. The van der Waals surface area contributed by atoms with E-state index in [0.717, 1.165) is 32.1 Å². The molecule has 9 nitrogen and oxygen atoms in total. The van der Waals surface area contributed by atoms with Gasteiger partial charge in [0, 0.05) is 22.0 Å². The first-order chi connectivity index (χ1) is 20.4. The number of nitrogens with one attached hydrogen (secondary N) is 1. The van der Waals surface area contributed by atoms with Gasteiger partial charge in [-0.25, -0.2) is 0 Å². The van der Waals surface area contributed by atoms with Crippen molar-refractivity contribution in [3.63, 3.8) is 0 Å². The molecule has 2 aliphatic heterocycles. The van der Waals surface area contributed by atoms with E-state index in [1.165, 1.54) is 28.4 Å². The zero-order valence-electron chi connectivity index (χ0n) is 25.7. The predicted molar refractivity (Wildman–Crippen MR) is 158 cm³/mol. The molecule has 7 rings (SSSR count). The van der Waals surface area contributed by atoms with Gasteiger partial charge in [0.1, 0.15) is 30.7 Å². The zero-order valence-corrected chi connectivity index (χ0v) is 25.7. The second-order valence-electron chi connectivity index (χ2n) is 15.0. The summed E-state index contributed by atoms with van der Waals surface area (Å²) in [6, 6.07) is 8.61. The lowest BCUT2D eigenvalue weighted by Crippen LogP contribution is -2.67. The average molecular weight is 598 g/mol. The number of hydrogen-bond donors (Lipinski definition) is 5. The van der Waals surface area contributed by atoms with Crippen molar-refractivity contribution in [1.29, 1.82) is 0 Å². The summed E-state index contributed by atoms with van der Waals surface area (Å²) in [5, 5.41) is 42.0. The number of aliphatic hydroxyl groups is 4. The first kappa shape index (κ1) is 29.8. The number of ether oxygens (including phenoxy) is 3. The van der Waals surface area contributed by atoms with Crippen molar-refractivity contribution in [1.82, 2.24) is 4.98 Å². The van der Waals surface area contributed by atoms with Crippen LogP contribution in [0.2, 0.25) is 0 Å². The van der Waals surface area contributed by atoms with Gasteiger partial charge >= 0.3 is 0 Å². The zero-order chi connectivity index (χ0) is 30.5. The van der Waals surface area contributed by atoms with E-state index < -0.39 is 48.3 Å². The van der Waals surface area contributed by atoms with E-state index in [-0.39, 0.29) is 29.0 Å². The monoisotopic (exact) mass is 597 g/mol. The number of aromatic nitrogens is 1. The molecule has 43 heavy (non-hydrogen) atoms. The fraction of sp³-hybridized carbons (Fsp3) is 0.735. The number of para-hydroxylation sites is 1. The quantitative estimate of drug-likeness (QED) is 0.331. The Hall–Kier alpha value is -1.85. The maximum absolute atomic E-state index is 13.3. The highest BCUT2D eigenvalue weighted by Crippen LogP contribution is 2.71. The fourth-order valence-electron chi connectivity index (χ4n) is 10.4. The summed E-state index contributed by atoms with van der Waals surface area (Å²) < 4.78 is 18.7. The molecule has 2 saturated carbocycles. The van der Waals surface area contributed by atoms with E-state index in [1.807, 2.05) is 13.8 Å². The van der Waals surface area contributed by atoms with Crippen molar-refractivity contribution in [2.24, 2.45) is 22.7 Å². The van der Waals surface area contributed by atoms with Crippen molar-refractivity contribution in [2.75, 3.05) is 6.61 Å². The summed E-state index contributed by atoms with van der Waals surface area (Å²) in [6.07, 6.45) is 0.0562. The minimum absolute atomic E-state index is 0.0619. The first-order valence-corrected chi connectivity index (χ1v) is 16.1. The summed E-state index contributed by atoms with van der Waals surface area (Å²) in [4.78, 5) is 17.1. The number of benzene rings is 1. The minimum atomic E-state index is -1.51. The Bertz CT molecular complexity index is 1390. The number of aliphatic hydroxyl groups excluding tert-OH is 4. The molecule has 12 atom stereocenters. The van der Waals surface area contributed by atoms with Crippen LogP contribution in [0.3, 0.4) is 0 Å². The average Bonchev–Trinajstić information content (AvgIpc) is 3.51. The van der Waals surface area contributed by atoms with Gasteiger partial charge in [-0.1, -0.05) is 32.0 Å². The molecule has 2 saturated heterocycles. The van der Waals surface area contributed by atoms with Crippen LogP contribution in [0, 0.1) is 22.7 Å². The Balaban J connectivity index is 1.15. The Morgan fingerprint density at radius 1 is 1.02 bits per heavy atom. The van der Waals surface area contributed by atoms with Crippen LogP contribution < -0.4 is 0 Å². The molecule has 0 spiro atoms. The molecule has 1 aromatic carbocycles. The highest BCUT2D eigenvalue weighted by molar-refractivity contribution is 5.86. The maximum atomic E-state index is 13.3. The molecule has 0 unspecified atom stereocenters. The number of H-pyrrole nitrogens is 1. The van der Waals surface area contributed by atoms with Crippen LogP contribution in [-0.4, -0.2) is 86.8 Å². The second kappa shape index (κ2) is 10.1. The van der Waals surface area contributed by atoms with Crippen LogP contribution in [0.15, 0.2) is 24.3 Å². The Kier molecular flexibility index (Phi) is 6.99. The highest BCUT2D eigenvalue weighted by atomic mass is 16.7. The van der Waals surface area contributed by atoms with Gasteiger partial charge in [-0.15, -0.1) is 0 Å². The molecule has 0 amide bonds. The largest absolute Gasteiger partial charge is 0.394 e. The van der Waals surface area contributed by atoms with Crippen molar-refractivity contribution in [3.8, 4) is 0 Å². The van der Waals surface area contributed by atoms with Crippen molar-refractivity contribution < 1.29 is 39.4 Å². The van der Waals surface area contributed by atoms with Crippen molar-refractivity contribution >= 4 is 17.2 Å². The Morgan fingerprint density at radius 2 is 1.79 bits per heavy atom. The summed E-state index contributed by atoms with van der Waals surface area (Å²) in [7, 11) is 0. The lowest BCUT2D eigenvalue weighted by molar-refractivity contribution is -0.341. The predicted octanol–water partition coefficient (Wildman–Crippen LogP) is 3.14. The highest BCUT2D eigenvalue weighted by Gasteiger charge is 2.69. The van der Waals surface area contributed by atoms with Gasteiger partial charge < -0.3 is 44.4 Å². The summed E-state index contributed by atoms with van der Waals surface area (Å²) >= 11 is 0. The molecule has 9 heteroatoms. The summed E-state index contributed by atoms with van der Waals surface area (Å²) in [5.74, 6) is 0.730. The van der Waals surface area contributed by atoms with Gasteiger partial charge in [0.25, 0.3) is 0 Å². The molecular formula is C34H47NO8. The SMILES string of the molecule is CC(C)(O[C@@H]1O[C@H](CO)[C@@H](O)[C@H](O)[C@@H]1O)[C@@H]1CC[C@]2(C=O)[C@H](CC[C@@]3(C)[C@H]2CC[C@H]2Cc4c([nH]c5ccccc45)[C@@]23C)O1. The molecule has 0 bridgehead atoms. The van der Waals surface area contributed by atoms with E-state index in [0.29, 0.717) is 18.8 Å². The number of aldehydes is 1. The maximum Gasteiger partial charge on any atom is 0.187 e. The van der Waals surface area contributed by atoms with Crippen molar-refractivity contribution in [2.45, 2.75) is 127 Å². The van der Waals surface area contributed by atoms with Gasteiger partial charge in [0.05, 0.1) is 29.8 Å². The molecule has 5 N–H and O–H groups in total. The number of carbonyl (C=O) groups is 1. The van der Waals surface area contributed by atoms with Crippen molar-refractivity contribution in [3.05, 3.63) is 35.5 Å². The van der Waals surface area contributed by atoms with Crippen LogP contribution in [0.5, 0.6) is 0 Å². The lowest BCUT2D eigenvalue weighted by atomic mass is 9.39. The molecule has 5 aliphatic rings. The van der Waals surface area contributed by atoms with Crippen LogP contribution in [0.25, 0.3) is 10.9 Å². The van der Waals surface area contributed by atoms with Gasteiger partial charge in [-0.2, -0.15) is 0 Å². The molecule has 3 heterocycles. The van der Waals surface area contributed by atoms with E-state index in [1.54, 1.807) is 0 Å². The van der Waals surface area contributed by atoms with Crippen LogP contribution in [0.1, 0.15) is 77.5 Å². The summed E-state index contributed by atoms with van der Waals surface area (Å²) in [5.41, 5.74) is 2.37. The molecule has 3 aliphatic carbocycles. The van der Waals surface area contributed by atoms with Gasteiger partial charge in [-0.05, 0) is 87.7 Å².